The standard InChI is InChI=1S/C19H17N9O/c20-19-15(2-1-4-23-19)24-8-14-6-13(3-5-22-14)7-17(29)16-9-26-18(10-25-16)28-12-21-11-27-28/h1-6,9-12,24H,7-8H2,(H2,20,23). The van der Waals surface area contributed by atoms with Gasteiger partial charge in [-0.15, -0.1) is 0 Å². The minimum atomic E-state index is -0.135. The van der Waals surface area contributed by atoms with Gasteiger partial charge in [-0.25, -0.2) is 24.6 Å². The van der Waals surface area contributed by atoms with Crippen LogP contribution in [0.1, 0.15) is 21.7 Å². The lowest BCUT2D eigenvalue weighted by molar-refractivity contribution is 0.0988. The third kappa shape index (κ3) is 4.38. The van der Waals surface area contributed by atoms with Crippen molar-refractivity contribution in [3.63, 3.8) is 0 Å². The van der Waals surface area contributed by atoms with Crippen LogP contribution < -0.4 is 11.1 Å². The average Bonchev–Trinajstić information content (AvgIpc) is 3.28. The number of aromatic nitrogens is 7. The highest BCUT2D eigenvalue weighted by molar-refractivity contribution is 5.95. The largest absolute Gasteiger partial charge is 0.382 e. The second-order valence-corrected chi connectivity index (χ2v) is 6.15. The number of hydrogen-bond acceptors (Lipinski definition) is 9. The highest BCUT2D eigenvalue weighted by atomic mass is 16.1. The maximum atomic E-state index is 12.5. The Morgan fingerprint density at radius 3 is 2.79 bits per heavy atom. The van der Waals surface area contributed by atoms with E-state index in [4.69, 9.17) is 5.73 Å². The molecule has 4 aromatic heterocycles. The number of carbonyl (C=O) groups is 1. The van der Waals surface area contributed by atoms with E-state index in [1.54, 1.807) is 24.5 Å². The van der Waals surface area contributed by atoms with E-state index in [-0.39, 0.29) is 17.9 Å². The Kier molecular flexibility index (Phi) is 5.14. The van der Waals surface area contributed by atoms with Gasteiger partial charge in [-0.2, -0.15) is 5.10 Å². The Labute approximate surface area is 165 Å². The normalized spacial score (nSPS) is 10.6. The van der Waals surface area contributed by atoms with Crippen LogP contribution in [0.15, 0.2) is 61.7 Å². The Morgan fingerprint density at radius 2 is 2.03 bits per heavy atom. The number of nitrogens with zero attached hydrogens (tertiary/aromatic N) is 7. The second-order valence-electron chi connectivity index (χ2n) is 6.15. The van der Waals surface area contributed by atoms with Gasteiger partial charge in [0.15, 0.2) is 11.6 Å². The number of carbonyl (C=O) groups excluding carboxylic acids is 1. The molecule has 0 aliphatic heterocycles. The highest BCUT2D eigenvalue weighted by Gasteiger charge is 2.11. The quantitative estimate of drug-likeness (QED) is 0.451. The van der Waals surface area contributed by atoms with Crippen molar-refractivity contribution in [1.82, 2.24) is 34.7 Å². The van der Waals surface area contributed by atoms with Crippen LogP contribution in [0.25, 0.3) is 5.82 Å². The van der Waals surface area contributed by atoms with Crippen molar-refractivity contribution in [2.75, 3.05) is 11.1 Å². The number of Topliss-reactive ketones (excluding diaryl/α,β-unsaturated/α-hetero) is 1. The first-order valence-electron chi connectivity index (χ1n) is 8.77. The summed E-state index contributed by atoms with van der Waals surface area (Å²) in [4.78, 5) is 33.2. The van der Waals surface area contributed by atoms with E-state index in [0.717, 1.165) is 16.9 Å². The molecular weight excluding hydrogens is 370 g/mol. The Morgan fingerprint density at radius 1 is 1.10 bits per heavy atom. The molecule has 3 N–H and O–H groups in total. The van der Waals surface area contributed by atoms with Crippen LogP contribution in [0, 0.1) is 0 Å². The lowest BCUT2D eigenvalue weighted by atomic mass is 10.1. The van der Waals surface area contributed by atoms with Crippen molar-refractivity contribution in [1.29, 1.82) is 0 Å². The molecule has 10 nitrogen and oxygen atoms in total. The van der Waals surface area contributed by atoms with E-state index in [1.165, 1.54) is 29.7 Å². The van der Waals surface area contributed by atoms with Crippen molar-refractivity contribution >= 4 is 17.3 Å². The summed E-state index contributed by atoms with van der Waals surface area (Å²) < 4.78 is 1.47. The molecule has 0 radical (unpaired) electrons. The topological polar surface area (TPSA) is 137 Å². The van der Waals surface area contributed by atoms with Gasteiger partial charge in [0.25, 0.3) is 0 Å². The van der Waals surface area contributed by atoms with Gasteiger partial charge >= 0.3 is 0 Å². The predicted molar refractivity (Wildman–Crippen MR) is 105 cm³/mol. The molecule has 0 fully saturated rings. The molecule has 4 heterocycles. The lowest BCUT2D eigenvalue weighted by Crippen LogP contribution is -2.10. The molecular formula is C19H17N9O. The summed E-state index contributed by atoms with van der Waals surface area (Å²) >= 11 is 0. The van der Waals surface area contributed by atoms with Crippen molar-refractivity contribution in [2.24, 2.45) is 0 Å². The summed E-state index contributed by atoms with van der Waals surface area (Å²) in [5, 5.41) is 7.17. The van der Waals surface area contributed by atoms with Gasteiger partial charge in [-0.3, -0.25) is 9.78 Å². The van der Waals surface area contributed by atoms with Crippen molar-refractivity contribution < 1.29 is 4.79 Å². The molecule has 4 aromatic rings. The van der Waals surface area contributed by atoms with E-state index >= 15 is 0 Å². The molecule has 0 saturated heterocycles. The van der Waals surface area contributed by atoms with Crippen LogP contribution in [-0.2, 0) is 13.0 Å². The van der Waals surface area contributed by atoms with Crippen molar-refractivity contribution in [3.05, 3.63) is 78.7 Å². The molecule has 29 heavy (non-hydrogen) atoms. The van der Waals surface area contributed by atoms with Gasteiger partial charge in [0.05, 0.1) is 30.3 Å². The predicted octanol–water partition coefficient (Wildman–Crippen LogP) is 1.47. The molecule has 0 saturated carbocycles. The number of hydrogen-bond donors (Lipinski definition) is 2. The molecule has 0 aliphatic rings. The van der Waals surface area contributed by atoms with Crippen molar-refractivity contribution in [3.8, 4) is 5.82 Å². The monoisotopic (exact) mass is 387 g/mol. The number of pyridine rings is 2. The molecule has 0 bridgehead atoms. The maximum absolute atomic E-state index is 12.5. The molecule has 10 heteroatoms. The molecule has 0 aromatic carbocycles. The van der Waals surface area contributed by atoms with E-state index in [2.05, 4.69) is 35.3 Å². The SMILES string of the molecule is Nc1ncccc1NCc1cc(CC(=O)c2cnc(-n3cncn3)cn2)ccn1. The van der Waals surface area contributed by atoms with Crippen LogP contribution in [-0.4, -0.2) is 40.5 Å². The summed E-state index contributed by atoms with van der Waals surface area (Å²) in [5.74, 6) is 0.780. The summed E-state index contributed by atoms with van der Waals surface area (Å²) in [6, 6.07) is 7.32. The summed E-state index contributed by atoms with van der Waals surface area (Å²) in [6.07, 6.45) is 9.34. The molecule has 4 rings (SSSR count). The van der Waals surface area contributed by atoms with Gasteiger partial charge < -0.3 is 11.1 Å². The number of rotatable bonds is 7. The number of nitrogen functional groups attached to an aromatic ring is 1. The van der Waals surface area contributed by atoms with Gasteiger partial charge in [-0.1, -0.05) is 0 Å². The zero-order chi connectivity index (χ0) is 20.1. The number of nitrogens with one attached hydrogen (secondary N) is 1. The Balaban J connectivity index is 1.41. The van der Waals surface area contributed by atoms with Crippen molar-refractivity contribution in [2.45, 2.75) is 13.0 Å². The van der Waals surface area contributed by atoms with Gasteiger partial charge in [0.1, 0.15) is 24.2 Å². The van der Waals surface area contributed by atoms with E-state index in [0.29, 0.717) is 18.2 Å². The zero-order valence-corrected chi connectivity index (χ0v) is 15.3. The number of ketones is 1. The Hall–Kier alpha value is -4.21. The minimum Gasteiger partial charge on any atom is -0.382 e. The third-order valence-electron chi connectivity index (χ3n) is 4.12. The van der Waals surface area contributed by atoms with Gasteiger partial charge in [0, 0.05) is 18.8 Å². The first-order chi connectivity index (χ1) is 14.2. The number of nitrogens with two attached hydrogens (primary N) is 1. The second kappa shape index (κ2) is 8.21. The van der Waals surface area contributed by atoms with Crippen LogP contribution in [0.4, 0.5) is 11.5 Å². The van der Waals surface area contributed by atoms with Gasteiger partial charge in [-0.05, 0) is 29.8 Å². The first kappa shape index (κ1) is 18.2. The fourth-order valence-electron chi connectivity index (χ4n) is 2.67. The zero-order valence-electron chi connectivity index (χ0n) is 15.3. The highest BCUT2D eigenvalue weighted by Crippen LogP contribution is 2.15. The van der Waals surface area contributed by atoms with E-state index in [1.807, 2.05) is 12.1 Å². The molecule has 144 valence electrons. The van der Waals surface area contributed by atoms with E-state index < -0.39 is 0 Å². The molecule has 0 aliphatic carbocycles. The molecule has 0 atom stereocenters. The fraction of sp³-hybridized carbons (Fsp3) is 0.105. The summed E-state index contributed by atoms with van der Waals surface area (Å²) in [6.45, 7) is 0.463. The fourth-order valence-corrected chi connectivity index (χ4v) is 2.67. The maximum Gasteiger partial charge on any atom is 0.187 e. The molecule has 0 unspecified atom stereocenters. The first-order valence-corrected chi connectivity index (χ1v) is 8.77. The van der Waals surface area contributed by atoms with Crippen LogP contribution in [0.2, 0.25) is 0 Å². The lowest BCUT2D eigenvalue weighted by Gasteiger charge is -2.09. The van der Waals surface area contributed by atoms with Crippen LogP contribution in [0.3, 0.4) is 0 Å². The van der Waals surface area contributed by atoms with Crippen LogP contribution >= 0.6 is 0 Å². The third-order valence-corrected chi connectivity index (χ3v) is 4.12. The summed E-state index contributed by atoms with van der Waals surface area (Å²) in [7, 11) is 0. The minimum absolute atomic E-state index is 0.135. The average molecular weight is 387 g/mol. The molecule has 0 spiro atoms. The van der Waals surface area contributed by atoms with Crippen LogP contribution in [0.5, 0.6) is 0 Å². The number of anilines is 2. The molecule has 0 amide bonds. The summed E-state index contributed by atoms with van der Waals surface area (Å²) in [5.41, 5.74) is 8.47. The van der Waals surface area contributed by atoms with E-state index in [9.17, 15) is 4.79 Å². The smallest absolute Gasteiger partial charge is 0.187 e. The Bertz CT molecular complexity index is 1110. The van der Waals surface area contributed by atoms with Gasteiger partial charge in [0.2, 0.25) is 0 Å².